The smallest absolute Gasteiger partial charge is 0.278 e. The molecule has 0 radical (unpaired) electrons. The van der Waals surface area contributed by atoms with Gasteiger partial charge in [-0.3, -0.25) is 4.79 Å². The minimum atomic E-state index is -0.130. The number of likely N-dealkylation sites (tertiary alicyclic amines) is 1. The molecule has 1 amide bonds. The number of aromatic amines is 1. The Labute approximate surface area is 151 Å². The number of carbonyl (C=O) groups excluding carboxylic acids is 1. The van der Waals surface area contributed by atoms with Crippen LogP contribution in [0.5, 0.6) is 11.8 Å². The van der Waals surface area contributed by atoms with E-state index < -0.39 is 0 Å². The van der Waals surface area contributed by atoms with Gasteiger partial charge in [0.05, 0.1) is 13.7 Å². The Morgan fingerprint density at radius 3 is 2.92 bits per heavy atom. The van der Waals surface area contributed by atoms with Crippen molar-refractivity contribution in [2.24, 2.45) is 0 Å². The Bertz CT molecular complexity index is 924. The lowest BCUT2D eigenvalue weighted by Crippen LogP contribution is -2.44. The van der Waals surface area contributed by atoms with Gasteiger partial charge >= 0.3 is 0 Å². The third kappa shape index (κ3) is 3.20. The van der Waals surface area contributed by atoms with Crippen LogP contribution in [0.15, 0.2) is 42.9 Å². The largest absolute Gasteiger partial charge is 0.477 e. The Balaban J connectivity index is 1.48. The van der Waals surface area contributed by atoms with E-state index >= 15 is 0 Å². The molecule has 0 bridgehead atoms. The van der Waals surface area contributed by atoms with Gasteiger partial charge in [0.15, 0.2) is 0 Å². The highest BCUT2D eigenvalue weighted by molar-refractivity contribution is 5.98. The van der Waals surface area contributed by atoms with E-state index in [1.165, 1.54) is 7.11 Å². The molecule has 1 atom stereocenters. The van der Waals surface area contributed by atoms with Gasteiger partial charge in [-0.2, -0.15) is 0 Å². The highest BCUT2D eigenvalue weighted by Gasteiger charge is 2.27. The molecule has 0 unspecified atom stereocenters. The summed E-state index contributed by atoms with van der Waals surface area (Å²) >= 11 is 0. The predicted octanol–water partition coefficient (Wildman–Crippen LogP) is 2.65. The summed E-state index contributed by atoms with van der Waals surface area (Å²) in [5, 5.41) is 1.03. The van der Waals surface area contributed by atoms with Gasteiger partial charge in [-0.1, -0.05) is 0 Å². The molecule has 3 heterocycles. The van der Waals surface area contributed by atoms with E-state index in [0.29, 0.717) is 23.9 Å². The average Bonchev–Trinajstić information content (AvgIpc) is 3.16. The Morgan fingerprint density at radius 2 is 2.08 bits per heavy atom. The van der Waals surface area contributed by atoms with Crippen molar-refractivity contribution < 1.29 is 14.3 Å². The molecule has 7 nitrogen and oxygen atoms in total. The maximum Gasteiger partial charge on any atom is 0.278 e. The summed E-state index contributed by atoms with van der Waals surface area (Å²) in [7, 11) is 1.53. The zero-order valence-electron chi connectivity index (χ0n) is 14.5. The van der Waals surface area contributed by atoms with Crippen LogP contribution in [0.2, 0.25) is 0 Å². The van der Waals surface area contributed by atoms with Crippen LogP contribution in [0.25, 0.3) is 10.9 Å². The van der Waals surface area contributed by atoms with Crippen LogP contribution in [-0.2, 0) is 0 Å². The maximum atomic E-state index is 12.9. The number of ether oxygens (including phenoxy) is 2. The molecule has 1 N–H and O–H groups in total. The summed E-state index contributed by atoms with van der Waals surface area (Å²) in [6, 6.07) is 7.68. The number of nitrogens with zero attached hydrogens (tertiary/aromatic N) is 3. The van der Waals surface area contributed by atoms with Gasteiger partial charge < -0.3 is 19.4 Å². The summed E-state index contributed by atoms with van der Waals surface area (Å²) in [5.41, 5.74) is 1.71. The summed E-state index contributed by atoms with van der Waals surface area (Å²) in [6.07, 6.45) is 6.60. The second-order valence-electron chi connectivity index (χ2n) is 6.28. The van der Waals surface area contributed by atoms with Crippen molar-refractivity contribution in [2.45, 2.75) is 18.9 Å². The Hall–Kier alpha value is -3.09. The quantitative estimate of drug-likeness (QED) is 0.781. The van der Waals surface area contributed by atoms with Crippen molar-refractivity contribution >= 4 is 16.8 Å². The van der Waals surface area contributed by atoms with Crippen molar-refractivity contribution in [3.8, 4) is 11.8 Å². The fourth-order valence-corrected chi connectivity index (χ4v) is 3.28. The number of carbonyl (C=O) groups is 1. The van der Waals surface area contributed by atoms with Crippen molar-refractivity contribution in [1.29, 1.82) is 0 Å². The molecule has 1 aliphatic rings. The van der Waals surface area contributed by atoms with Crippen LogP contribution in [0.4, 0.5) is 0 Å². The molecule has 3 aromatic rings. The van der Waals surface area contributed by atoms with E-state index in [4.69, 9.17) is 9.47 Å². The molecule has 7 heteroatoms. The first-order chi connectivity index (χ1) is 12.7. The number of fused-ring (bicyclic) bond motifs is 1. The molecule has 0 aliphatic carbocycles. The van der Waals surface area contributed by atoms with Crippen LogP contribution in [0, 0.1) is 0 Å². The molecular formula is C19H20N4O3. The van der Waals surface area contributed by atoms with Gasteiger partial charge in [0.1, 0.15) is 6.10 Å². The number of rotatable bonds is 4. The van der Waals surface area contributed by atoms with E-state index in [0.717, 1.165) is 30.3 Å². The molecule has 26 heavy (non-hydrogen) atoms. The van der Waals surface area contributed by atoms with E-state index in [9.17, 15) is 4.79 Å². The predicted molar refractivity (Wildman–Crippen MR) is 96.4 cm³/mol. The van der Waals surface area contributed by atoms with Crippen LogP contribution in [-0.4, -0.2) is 52.1 Å². The van der Waals surface area contributed by atoms with Crippen molar-refractivity contribution in [1.82, 2.24) is 19.9 Å². The zero-order chi connectivity index (χ0) is 17.9. The van der Waals surface area contributed by atoms with E-state index in [-0.39, 0.29) is 12.0 Å². The number of hydrogen-bond donors (Lipinski definition) is 1. The Morgan fingerprint density at radius 1 is 1.23 bits per heavy atom. The number of nitrogens with one attached hydrogen (secondary N) is 1. The molecule has 1 aliphatic heterocycles. The molecule has 1 aromatic carbocycles. The highest BCUT2D eigenvalue weighted by atomic mass is 16.5. The van der Waals surface area contributed by atoms with Crippen LogP contribution in [0.3, 0.4) is 0 Å². The van der Waals surface area contributed by atoms with E-state index in [1.807, 2.05) is 35.4 Å². The minimum absolute atomic E-state index is 0.0208. The molecule has 134 valence electrons. The van der Waals surface area contributed by atoms with Gasteiger partial charge in [-0.05, 0) is 37.1 Å². The zero-order valence-corrected chi connectivity index (χ0v) is 14.5. The summed E-state index contributed by atoms with van der Waals surface area (Å²) < 4.78 is 11.1. The first-order valence-corrected chi connectivity index (χ1v) is 8.62. The van der Waals surface area contributed by atoms with Crippen LogP contribution < -0.4 is 9.47 Å². The molecular weight excluding hydrogens is 332 g/mol. The lowest BCUT2D eigenvalue weighted by atomic mass is 10.1. The van der Waals surface area contributed by atoms with Gasteiger partial charge in [-0.25, -0.2) is 9.97 Å². The van der Waals surface area contributed by atoms with Crippen molar-refractivity contribution in [3.05, 3.63) is 48.4 Å². The first-order valence-electron chi connectivity index (χ1n) is 8.62. The lowest BCUT2D eigenvalue weighted by molar-refractivity contribution is 0.0519. The number of hydrogen-bond acceptors (Lipinski definition) is 5. The second-order valence-corrected chi connectivity index (χ2v) is 6.28. The van der Waals surface area contributed by atoms with Gasteiger partial charge in [0, 0.05) is 41.6 Å². The summed E-state index contributed by atoms with van der Waals surface area (Å²) in [5.74, 6) is 0.740. The van der Waals surface area contributed by atoms with E-state index in [1.54, 1.807) is 12.4 Å². The third-order valence-corrected chi connectivity index (χ3v) is 4.57. The number of aromatic nitrogens is 3. The minimum Gasteiger partial charge on any atom is -0.477 e. The number of amides is 1. The highest BCUT2D eigenvalue weighted by Crippen LogP contribution is 2.25. The molecule has 2 aromatic heterocycles. The molecule has 1 saturated heterocycles. The molecule has 1 fully saturated rings. The second kappa shape index (κ2) is 7.03. The fourth-order valence-electron chi connectivity index (χ4n) is 3.28. The number of benzene rings is 1. The van der Waals surface area contributed by atoms with Crippen LogP contribution >= 0.6 is 0 Å². The molecule has 0 spiro atoms. The lowest BCUT2D eigenvalue weighted by Gasteiger charge is -2.32. The number of piperidine rings is 1. The SMILES string of the molecule is COc1nccnc1O[C@H]1CCCN(C(=O)c2ccc3[nH]ccc3c2)C1. The summed E-state index contributed by atoms with van der Waals surface area (Å²) in [6.45, 7) is 1.24. The third-order valence-electron chi connectivity index (χ3n) is 4.57. The summed E-state index contributed by atoms with van der Waals surface area (Å²) in [4.78, 5) is 26.2. The fraction of sp³-hybridized carbons (Fsp3) is 0.316. The first kappa shape index (κ1) is 16.4. The van der Waals surface area contributed by atoms with E-state index in [2.05, 4.69) is 15.0 Å². The number of methoxy groups -OCH3 is 1. The Kier molecular flexibility index (Phi) is 4.43. The van der Waals surface area contributed by atoms with Gasteiger partial charge in [0.2, 0.25) is 0 Å². The monoisotopic (exact) mass is 352 g/mol. The normalized spacial score (nSPS) is 17.3. The van der Waals surface area contributed by atoms with Crippen molar-refractivity contribution in [2.75, 3.05) is 20.2 Å². The topological polar surface area (TPSA) is 80.3 Å². The average molecular weight is 352 g/mol. The standard InChI is InChI=1S/C19H20N4O3/c1-25-17-18(22-9-8-21-17)26-15-3-2-10-23(12-15)19(24)14-4-5-16-13(11-14)6-7-20-16/h4-9,11,15,20H,2-3,10,12H2,1H3/t15-/m0/s1. The van der Waals surface area contributed by atoms with Crippen LogP contribution in [0.1, 0.15) is 23.2 Å². The van der Waals surface area contributed by atoms with Gasteiger partial charge in [0.25, 0.3) is 17.7 Å². The molecule has 0 saturated carbocycles. The number of H-pyrrole nitrogens is 1. The maximum absolute atomic E-state index is 12.9. The molecule has 4 rings (SSSR count). The van der Waals surface area contributed by atoms with Gasteiger partial charge in [-0.15, -0.1) is 0 Å². The van der Waals surface area contributed by atoms with Crippen molar-refractivity contribution in [3.63, 3.8) is 0 Å².